The molecular formula is C19H32O2S. The largest absolute Gasteiger partial charge is 0.506 e. The molecular weight excluding hydrogens is 292 g/mol. The average molecular weight is 325 g/mol. The van der Waals surface area contributed by atoms with E-state index in [1.165, 1.54) is 38.5 Å². The summed E-state index contributed by atoms with van der Waals surface area (Å²) in [6.45, 7) is 8.59. The molecule has 1 aromatic carbocycles. The number of aromatic hydroxyl groups is 1. The van der Waals surface area contributed by atoms with Crippen molar-refractivity contribution >= 4 is 11.8 Å². The van der Waals surface area contributed by atoms with Crippen molar-refractivity contribution in [3.63, 3.8) is 0 Å². The lowest BCUT2D eigenvalue weighted by Gasteiger charge is -2.22. The first-order valence-corrected chi connectivity index (χ1v) is 9.43. The van der Waals surface area contributed by atoms with Crippen LogP contribution in [-0.2, 0) is 5.41 Å². The lowest BCUT2D eigenvalue weighted by atomic mass is 9.86. The number of hydrogen-bond acceptors (Lipinski definition) is 3. The van der Waals surface area contributed by atoms with Crippen molar-refractivity contribution in [2.75, 3.05) is 12.9 Å². The fraction of sp³-hybridized carbons (Fsp3) is 0.684. The van der Waals surface area contributed by atoms with Gasteiger partial charge in [0.15, 0.2) is 0 Å². The van der Waals surface area contributed by atoms with E-state index in [1.807, 2.05) is 12.1 Å². The van der Waals surface area contributed by atoms with E-state index in [0.29, 0.717) is 5.75 Å². The molecule has 0 fully saturated rings. The molecule has 0 aromatic heterocycles. The fourth-order valence-corrected chi connectivity index (χ4v) is 3.46. The van der Waals surface area contributed by atoms with Crippen LogP contribution in [0.15, 0.2) is 17.0 Å². The molecule has 1 rings (SSSR count). The molecule has 0 saturated carbocycles. The van der Waals surface area contributed by atoms with E-state index in [2.05, 4.69) is 27.7 Å². The second-order valence-corrected chi connectivity index (χ2v) is 8.02. The monoisotopic (exact) mass is 324 g/mol. The predicted molar refractivity (Wildman–Crippen MR) is 97.5 cm³/mol. The average Bonchev–Trinajstić information content (AvgIpc) is 2.46. The van der Waals surface area contributed by atoms with Crippen LogP contribution >= 0.6 is 11.8 Å². The van der Waals surface area contributed by atoms with Gasteiger partial charge in [0.05, 0.1) is 12.0 Å². The molecule has 126 valence electrons. The van der Waals surface area contributed by atoms with Gasteiger partial charge in [-0.3, -0.25) is 0 Å². The Morgan fingerprint density at radius 2 is 1.68 bits per heavy atom. The zero-order chi connectivity index (χ0) is 16.6. The van der Waals surface area contributed by atoms with Gasteiger partial charge in [-0.25, -0.2) is 0 Å². The lowest BCUT2D eigenvalue weighted by molar-refractivity contribution is 0.400. The molecule has 0 aliphatic carbocycles. The Labute approximate surface area is 140 Å². The predicted octanol–water partition coefficient (Wildman–Crippen LogP) is 6.15. The second kappa shape index (κ2) is 9.34. The van der Waals surface area contributed by atoms with E-state index >= 15 is 0 Å². The summed E-state index contributed by atoms with van der Waals surface area (Å²) in [5, 5.41) is 10.5. The van der Waals surface area contributed by atoms with Crippen LogP contribution in [-0.4, -0.2) is 18.0 Å². The van der Waals surface area contributed by atoms with E-state index in [0.717, 1.165) is 22.0 Å². The Morgan fingerprint density at radius 1 is 1.05 bits per heavy atom. The number of phenolic OH excluding ortho intramolecular Hbond substituents is 1. The molecule has 0 aliphatic rings. The van der Waals surface area contributed by atoms with Crippen molar-refractivity contribution in [1.29, 1.82) is 0 Å². The molecule has 0 radical (unpaired) electrons. The molecule has 2 nitrogen and oxygen atoms in total. The Bertz CT molecular complexity index is 449. The highest BCUT2D eigenvalue weighted by atomic mass is 32.2. The van der Waals surface area contributed by atoms with Crippen molar-refractivity contribution in [3.05, 3.63) is 17.7 Å². The van der Waals surface area contributed by atoms with Gasteiger partial charge in [-0.2, -0.15) is 0 Å². The van der Waals surface area contributed by atoms with Crippen molar-refractivity contribution in [2.24, 2.45) is 0 Å². The van der Waals surface area contributed by atoms with E-state index in [4.69, 9.17) is 4.74 Å². The number of hydrogen-bond donors (Lipinski definition) is 1. The summed E-state index contributed by atoms with van der Waals surface area (Å²) in [6.07, 6.45) is 7.80. The van der Waals surface area contributed by atoms with Gasteiger partial charge in [-0.1, -0.05) is 59.8 Å². The third-order valence-corrected chi connectivity index (χ3v) is 4.96. The van der Waals surface area contributed by atoms with Gasteiger partial charge in [0.1, 0.15) is 11.5 Å². The first-order chi connectivity index (χ1) is 10.4. The number of rotatable bonds is 9. The minimum atomic E-state index is -0.0892. The Balaban J connectivity index is 2.62. The molecule has 0 bridgehead atoms. The van der Waals surface area contributed by atoms with Crippen molar-refractivity contribution in [2.45, 2.75) is 76.5 Å². The number of phenols is 1. The quantitative estimate of drug-likeness (QED) is 0.436. The number of benzene rings is 1. The van der Waals surface area contributed by atoms with Crippen LogP contribution in [0.4, 0.5) is 0 Å². The Morgan fingerprint density at radius 3 is 2.27 bits per heavy atom. The number of thioether (sulfide) groups is 1. The summed E-state index contributed by atoms with van der Waals surface area (Å²) in [7, 11) is 1.68. The maximum Gasteiger partial charge on any atom is 0.133 e. The molecule has 0 heterocycles. The van der Waals surface area contributed by atoms with Crippen LogP contribution in [0.2, 0.25) is 0 Å². The first kappa shape index (κ1) is 19.2. The minimum absolute atomic E-state index is 0.0892. The second-order valence-electron chi connectivity index (χ2n) is 6.89. The van der Waals surface area contributed by atoms with Gasteiger partial charge in [0, 0.05) is 5.56 Å². The molecule has 3 heteroatoms. The van der Waals surface area contributed by atoms with Crippen LogP contribution in [0.1, 0.15) is 71.8 Å². The highest BCUT2D eigenvalue weighted by molar-refractivity contribution is 7.99. The standard InChI is InChI=1S/C19H32O2S/c1-6-7-8-9-10-11-12-22-17-14-15(21-5)13-16(18(17)20)19(2,3)4/h13-14,20H,6-12H2,1-5H3. The number of methoxy groups -OCH3 is 1. The normalized spacial score (nSPS) is 11.7. The van der Waals surface area contributed by atoms with Crippen LogP contribution < -0.4 is 4.74 Å². The number of ether oxygens (including phenoxy) is 1. The summed E-state index contributed by atoms with van der Waals surface area (Å²) in [6, 6.07) is 3.90. The summed E-state index contributed by atoms with van der Waals surface area (Å²) < 4.78 is 5.39. The molecule has 0 unspecified atom stereocenters. The van der Waals surface area contributed by atoms with Crippen molar-refractivity contribution in [3.8, 4) is 11.5 Å². The van der Waals surface area contributed by atoms with E-state index in [1.54, 1.807) is 18.9 Å². The van der Waals surface area contributed by atoms with Gasteiger partial charge < -0.3 is 9.84 Å². The third kappa shape index (κ3) is 6.12. The first-order valence-electron chi connectivity index (χ1n) is 8.44. The summed E-state index contributed by atoms with van der Waals surface area (Å²) in [5.74, 6) is 2.30. The smallest absolute Gasteiger partial charge is 0.133 e. The van der Waals surface area contributed by atoms with Gasteiger partial charge in [0.2, 0.25) is 0 Å². The van der Waals surface area contributed by atoms with Gasteiger partial charge in [-0.15, -0.1) is 11.8 Å². The topological polar surface area (TPSA) is 29.5 Å². The maximum atomic E-state index is 10.5. The van der Waals surface area contributed by atoms with Crippen LogP contribution in [0, 0.1) is 0 Å². The zero-order valence-corrected chi connectivity index (χ0v) is 15.7. The molecule has 0 spiro atoms. The molecule has 0 saturated heterocycles. The molecule has 0 aliphatic heterocycles. The van der Waals surface area contributed by atoms with Gasteiger partial charge in [0.25, 0.3) is 0 Å². The van der Waals surface area contributed by atoms with Crippen LogP contribution in [0.3, 0.4) is 0 Å². The van der Waals surface area contributed by atoms with E-state index in [9.17, 15) is 5.11 Å². The molecule has 0 atom stereocenters. The lowest BCUT2D eigenvalue weighted by Crippen LogP contribution is -2.12. The highest BCUT2D eigenvalue weighted by Gasteiger charge is 2.21. The minimum Gasteiger partial charge on any atom is -0.506 e. The van der Waals surface area contributed by atoms with Gasteiger partial charge in [-0.05, 0) is 29.7 Å². The molecule has 1 aromatic rings. The van der Waals surface area contributed by atoms with Crippen LogP contribution in [0.25, 0.3) is 0 Å². The van der Waals surface area contributed by atoms with Crippen LogP contribution in [0.5, 0.6) is 11.5 Å². The highest BCUT2D eigenvalue weighted by Crippen LogP contribution is 2.41. The number of unbranched alkanes of at least 4 members (excludes halogenated alkanes) is 5. The van der Waals surface area contributed by atoms with E-state index < -0.39 is 0 Å². The van der Waals surface area contributed by atoms with Crippen molar-refractivity contribution < 1.29 is 9.84 Å². The molecule has 1 N–H and O–H groups in total. The third-order valence-electron chi connectivity index (χ3n) is 3.85. The van der Waals surface area contributed by atoms with Crippen molar-refractivity contribution in [1.82, 2.24) is 0 Å². The summed E-state index contributed by atoms with van der Waals surface area (Å²) in [5.41, 5.74) is 0.867. The Kier molecular flexibility index (Phi) is 8.16. The maximum absolute atomic E-state index is 10.5. The van der Waals surface area contributed by atoms with Gasteiger partial charge >= 0.3 is 0 Å². The van der Waals surface area contributed by atoms with E-state index in [-0.39, 0.29) is 5.41 Å². The SMILES string of the molecule is CCCCCCCCSc1cc(OC)cc(C(C)(C)C)c1O. The molecule has 22 heavy (non-hydrogen) atoms. The summed E-state index contributed by atoms with van der Waals surface area (Å²) >= 11 is 1.74. The zero-order valence-electron chi connectivity index (χ0n) is 14.9. The molecule has 0 amide bonds. The Hall–Kier alpha value is -0.830. The fourth-order valence-electron chi connectivity index (χ4n) is 2.45. The summed E-state index contributed by atoms with van der Waals surface area (Å²) in [4.78, 5) is 0.942.